The highest BCUT2D eigenvalue weighted by molar-refractivity contribution is 6.11. The molecule has 0 radical (unpaired) electrons. The fourth-order valence-corrected chi connectivity index (χ4v) is 13.8. The fraction of sp³-hybridized carbons (Fsp3) is 0.128. The van der Waals surface area contributed by atoms with E-state index in [1.54, 1.807) is 0 Å². The Morgan fingerprint density at radius 3 is 2.07 bits per heavy atom. The molecule has 1 aromatic heterocycles. The van der Waals surface area contributed by atoms with Gasteiger partial charge in [0.2, 0.25) is 0 Å². The van der Waals surface area contributed by atoms with E-state index in [0.717, 1.165) is 24.8 Å². The molecule has 5 aliphatic rings. The first-order valence-corrected chi connectivity index (χ1v) is 28.8. The van der Waals surface area contributed by atoms with E-state index in [2.05, 4.69) is 310 Å². The van der Waals surface area contributed by atoms with E-state index in [1.807, 2.05) is 0 Å². The van der Waals surface area contributed by atoms with E-state index >= 15 is 0 Å². The van der Waals surface area contributed by atoms with Crippen molar-refractivity contribution in [3.63, 3.8) is 0 Å². The Hall–Kier alpha value is -9.44. The molecule has 392 valence electrons. The molecule has 8 aromatic carbocycles. The van der Waals surface area contributed by atoms with E-state index in [1.165, 1.54) is 128 Å². The van der Waals surface area contributed by atoms with Gasteiger partial charge in [-0.3, -0.25) is 0 Å². The molecule has 1 spiro atoms. The highest BCUT2D eigenvalue weighted by Crippen LogP contribution is 2.63. The van der Waals surface area contributed by atoms with Gasteiger partial charge in [-0.05, 0) is 158 Å². The van der Waals surface area contributed by atoms with Crippen molar-refractivity contribution in [3.05, 3.63) is 323 Å². The Bertz CT molecular complexity index is 4320. The summed E-state index contributed by atoms with van der Waals surface area (Å²) in [5, 5.41) is 6.44. The largest absolute Gasteiger partial charge is 0.364 e. The summed E-state index contributed by atoms with van der Waals surface area (Å²) in [6.45, 7) is 13.3. The standard InChI is InChI=1S/C78H65N3/c1-6-20-69-61(7-2)62-24-11-15-28-70(62)78(69)71-29-16-12-25-63(71)68(72(78)30-19-21-52-33-35-53(36-34-52)54-37-42-57(43-38-54)77(3,4)5)51-79-58-44-39-55(40-45-58)56-41-48-75-67(49-56)65-27-14-18-32-74(65)81(75)60-46-47-66-64-26-13-17-31-73(64)80(76(66)50-60)59-22-9-8-10-23-59/h6-31,33-39,41-44,46-51,74,79H,2,32,40,45H2,1,3-5H3/b20-6-,21-19-,68-51+,72-30+. The molecule has 0 saturated carbocycles. The predicted molar refractivity (Wildman–Crippen MR) is 345 cm³/mol. The molecule has 14 rings (SSSR count). The molecule has 1 N–H and O–H groups in total. The summed E-state index contributed by atoms with van der Waals surface area (Å²) in [6.07, 6.45) is 30.0. The SMILES string of the molecule is C=CC1=C(/C=C\C)C2(C(=C/C=C\c3ccc(-c4ccc(C(C)(C)C)cc4)cc3)/C(=C/NC3=CC=C(c4ccc5c(c4)C4=CC=CCC4N5c4ccc5c6ccccc6n(-c6ccccc6)c5c4)CC3)c3ccccc32)c2ccccc21. The third-order valence-electron chi connectivity index (χ3n) is 17.6. The molecular formula is C78H65N3. The van der Waals surface area contributed by atoms with Crippen molar-refractivity contribution in [2.45, 2.75) is 63.8 Å². The van der Waals surface area contributed by atoms with Gasteiger partial charge in [0.1, 0.15) is 0 Å². The zero-order valence-electron chi connectivity index (χ0n) is 46.6. The number of rotatable bonds is 10. The molecule has 2 heterocycles. The second kappa shape index (κ2) is 20.0. The van der Waals surface area contributed by atoms with Crippen LogP contribution >= 0.6 is 0 Å². The summed E-state index contributed by atoms with van der Waals surface area (Å²) in [4.78, 5) is 2.58. The van der Waals surface area contributed by atoms with Gasteiger partial charge in [0.05, 0.1) is 22.5 Å². The number of nitrogens with zero attached hydrogens (tertiary/aromatic N) is 2. The van der Waals surface area contributed by atoms with Crippen molar-refractivity contribution < 1.29 is 0 Å². The quantitative estimate of drug-likeness (QED) is 0.147. The number of para-hydroxylation sites is 2. The van der Waals surface area contributed by atoms with Crippen LogP contribution in [0.15, 0.2) is 278 Å². The molecule has 1 aliphatic heterocycles. The number of benzene rings is 8. The lowest BCUT2D eigenvalue weighted by Crippen LogP contribution is -2.27. The Morgan fingerprint density at radius 2 is 1.32 bits per heavy atom. The average Bonchev–Trinajstić information content (AvgIpc) is 2.48. The van der Waals surface area contributed by atoms with E-state index < -0.39 is 5.41 Å². The molecule has 9 aromatic rings. The second-order valence-corrected chi connectivity index (χ2v) is 23.1. The average molecular weight is 1040 g/mol. The molecule has 0 saturated heterocycles. The lowest BCUT2D eigenvalue weighted by atomic mass is 9.69. The molecule has 2 unspecified atom stereocenters. The number of allylic oxidation sites excluding steroid dienone is 15. The third kappa shape index (κ3) is 8.25. The van der Waals surface area contributed by atoms with E-state index in [4.69, 9.17) is 0 Å². The van der Waals surface area contributed by atoms with Crippen molar-refractivity contribution in [3.8, 4) is 16.8 Å². The molecule has 3 nitrogen and oxygen atoms in total. The molecule has 81 heavy (non-hydrogen) atoms. The van der Waals surface area contributed by atoms with Gasteiger partial charge in [-0.25, -0.2) is 0 Å². The first-order chi connectivity index (χ1) is 39.7. The van der Waals surface area contributed by atoms with Crippen molar-refractivity contribution in [2.24, 2.45) is 0 Å². The van der Waals surface area contributed by atoms with Gasteiger partial charge in [0.25, 0.3) is 0 Å². The van der Waals surface area contributed by atoms with Crippen LogP contribution in [0.2, 0.25) is 0 Å². The van der Waals surface area contributed by atoms with Gasteiger partial charge in [-0.2, -0.15) is 0 Å². The summed E-state index contributed by atoms with van der Waals surface area (Å²) in [7, 11) is 0. The lowest BCUT2D eigenvalue weighted by Gasteiger charge is -2.32. The minimum Gasteiger partial charge on any atom is -0.364 e. The Labute approximate surface area is 477 Å². The van der Waals surface area contributed by atoms with Crippen molar-refractivity contribution >= 4 is 61.5 Å². The number of hydrogen-bond acceptors (Lipinski definition) is 2. The zero-order chi connectivity index (χ0) is 54.8. The minimum absolute atomic E-state index is 0.121. The first kappa shape index (κ1) is 49.8. The van der Waals surface area contributed by atoms with Gasteiger partial charge in [0, 0.05) is 50.9 Å². The summed E-state index contributed by atoms with van der Waals surface area (Å²) < 4.78 is 2.42. The van der Waals surface area contributed by atoms with Crippen molar-refractivity contribution in [2.75, 3.05) is 4.90 Å². The minimum atomic E-state index is -0.543. The summed E-state index contributed by atoms with van der Waals surface area (Å²) in [6, 6.07) is 70.0. The van der Waals surface area contributed by atoms with Crippen LogP contribution in [0.3, 0.4) is 0 Å². The second-order valence-electron chi connectivity index (χ2n) is 23.1. The van der Waals surface area contributed by atoms with Gasteiger partial charge in [-0.1, -0.05) is 234 Å². The first-order valence-electron chi connectivity index (χ1n) is 28.8. The Morgan fingerprint density at radius 1 is 0.617 bits per heavy atom. The van der Waals surface area contributed by atoms with Crippen molar-refractivity contribution in [1.82, 2.24) is 9.88 Å². The Kier molecular flexibility index (Phi) is 12.3. The monoisotopic (exact) mass is 1040 g/mol. The maximum absolute atomic E-state index is 4.40. The van der Waals surface area contributed by atoms with Crippen LogP contribution in [0.1, 0.15) is 91.5 Å². The zero-order valence-corrected chi connectivity index (χ0v) is 46.6. The maximum atomic E-state index is 4.40. The number of aromatic nitrogens is 1. The van der Waals surface area contributed by atoms with Crippen LogP contribution in [-0.4, -0.2) is 10.6 Å². The van der Waals surface area contributed by atoms with Crippen LogP contribution < -0.4 is 10.2 Å². The van der Waals surface area contributed by atoms with Crippen LogP contribution in [-0.2, 0) is 10.8 Å². The number of fused-ring (bicyclic) bond motifs is 10. The number of nitrogens with one attached hydrogen (secondary N) is 1. The lowest BCUT2D eigenvalue weighted by molar-refractivity contribution is 0.590. The predicted octanol–water partition coefficient (Wildman–Crippen LogP) is 19.8. The van der Waals surface area contributed by atoms with Crippen molar-refractivity contribution in [1.29, 1.82) is 0 Å². The van der Waals surface area contributed by atoms with Gasteiger partial charge >= 0.3 is 0 Å². The van der Waals surface area contributed by atoms with Crippen LogP contribution in [0, 0.1) is 0 Å². The molecule has 2 atom stereocenters. The van der Waals surface area contributed by atoms with Gasteiger partial charge in [0.15, 0.2) is 0 Å². The van der Waals surface area contributed by atoms with E-state index in [0.29, 0.717) is 0 Å². The molecule has 0 fully saturated rings. The Balaban J connectivity index is 0.799. The molecule has 3 heteroatoms. The summed E-state index contributed by atoms with van der Waals surface area (Å²) >= 11 is 0. The van der Waals surface area contributed by atoms with Crippen LogP contribution in [0.5, 0.6) is 0 Å². The molecule has 4 aliphatic carbocycles. The van der Waals surface area contributed by atoms with E-state index in [9.17, 15) is 0 Å². The molecular weight excluding hydrogens is 979 g/mol. The normalized spacial score (nSPS) is 19.2. The maximum Gasteiger partial charge on any atom is 0.0725 e. The highest BCUT2D eigenvalue weighted by Gasteiger charge is 2.53. The number of anilines is 2. The fourth-order valence-electron chi connectivity index (χ4n) is 13.8. The topological polar surface area (TPSA) is 20.2 Å². The molecule has 0 amide bonds. The third-order valence-corrected chi connectivity index (χ3v) is 17.6. The highest BCUT2D eigenvalue weighted by atomic mass is 15.2. The van der Waals surface area contributed by atoms with Crippen LogP contribution in [0.25, 0.3) is 67.0 Å². The smallest absolute Gasteiger partial charge is 0.0725 e. The summed E-state index contributed by atoms with van der Waals surface area (Å²) in [5.41, 5.74) is 27.1. The van der Waals surface area contributed by atoms with Crippen LogP contribution in [0.4, 0.5) is 11.4 Å². The van der Waals surface area contributed by atoms with E-state index in [-0.39, 0.29) is 11.5 Å². The van der Waals surface area contributed by atoms with Gasteiger partial charge < -0.3 is 14.8 Å². The van der Waals surface area contributed by atoms with Gasteiger partial charge in [-0.15, -0.1) is 0 Å². The summed E-state index contributed by atoms with van der Waals surface area (Å²) in [5.74, 6) is 0. The molecule has 0 bridgehead atoms. The number of hydrogen-bond donors (Lipinski definition) is 1.